The van der Waals surface area contributed by atoms with E-state index in [0.717, 1.165) is 12.1 Å². The van der Waals surface area contributed by atoms with Gasteiger partial charge in [0.2, 0.25) is 0 Å². The van der Waals surface area contributed by atoms with Crippen LogP contribution in [0.1, 0.15) is 20.7 Å². The van der Waals surface area contributed by atoms with E-state index >= 15 is 0 Å². The number of hydrogen-bond donors (Lipinski definition) is 1. The molecule has 0 amide bonds. The van der Waals surface area contributed by atoms with E-state index in [2.05, 4.69) is 14.8 Å². The summed E-state index contributed by atoms with van der Waals surface area (Å²) in [6.07, 6.45) is -81.0. The largest absolute Gasteiger partial charge is 0.527 e. The Morgan fingerprint density at radius 2 is 0.774 bits per heavy atom. The molecule has 12 nitrogen and oxygen atoms in total. The fourth-order valence-corrected chi connectivity index (χ4v) is 3.35. The maximum atomic E-state index is 13.9. The van der Waals surface area contributed by atoms with E-state index in [-0.39, 0.29) is 11.3 Å². The Hall–Kier alpha value is -4.71. The van der Waals surface area contributed by atoms with Crippen LogP contribution in [0.2, 0.25) is 0 Å². The molecular weight excluding hydrogens is 951 g/mol. The van der Waals surface area contributed by atoms with Crippen molar-refractivity contribution in [1.82, 2.24) is 0 Å². The first kappa shape index (κ1) is 53.4. The molecule has 0 saturated heterocycles. The van der Waals surface area contributed by atoms with E-state index in [4.69, 9.17) is 4.74 Å². The summed E-state index contributed by atoms with van der Waals surface area (Å²) in [5, 5.41) is 2.76. The molecule has 0 spiro atoms. The molecular formula is C27H14F23NO11. The maximum Gasteiger partial charge on any atom is 0.527 e. The molecule has 2 rings (SSSR count). The molecule has 1 N–H and O–H groups in total. The number of anilines is 1. The van der Waals surface area contributed by atoms with Gasteiger partial charge in [-0.2, -0.15) is 61.5 Å². The molecule has 62 heavy (non-hydrogen) atoms. The number of nitrogens with one attached hydrogen (secondary N) is 1. The monoisotopic (exact) mass is 965 g/mol. The number of benzene rings is 2. The van der Waals surface area contributed by atoms with Crippen molar-refractivity contribution in [3.63, 3.8) is 0 Å². The van der Waals surface area contributed by atoms with Crippen molar-refractivity contribution in [3.8, 4) is 5.75 Å². The Kier molecular flexibility index (Phi) is 15.3. The molecule has 0 bridgehead atoms. The highest BCUT2D eigenvalue weighted by molar-refractivity contribution is 5.94. The van der Waals surface area contributed by atoms with Gasteiger partial charge >= 0.3 is 79.9 Å². The summed E-state index contributed by atoms with van der Waals surface area (Å²) in [5.41, 5.74) is -0.404. The first-order chi connectivity index (χ1) is 27.5. The van der Waals surface area contributed by atoms with E-state index in [1.54, 1.807) is 11.8 Å². The fraction of sp³-hybridized carbons (Fsp3) is 0.481. The molecule has 0 radical (unpaired) electrons. The predicted octanol–water partition coefficient (Wildman–Crippen LogP) is 9.54. The van der Waals surface area contributed by atoms with Crippen LogP contribution in [0, 0.1) is 0 Å². The van der Waals surface area contributed by atoms with E-state index < -0.39 is 92.1 Å². The van der Waals surface area contributed by atoms with Crippen molar-refractivity contribution in [2.45, 2.75) is 68.0 Å². The second-order valence-electron chi connectivity index (χ2n) is 10.6. The molecule has 354 valence electrons. The van der Waals surface area contributed by atoms with E-state index in [9.17, 15) is 111 Å². The van der Waals surface area contributed by atoms with Crippen LogP contribution >= 0.6 is 0 Å². The van der Waals surface area contributed by atoms with Gasteiger partial charge in [0.15, 0.2) is 6.61 Å². The third kappa shape index (κ3) is 15.0. The highest BCUT2D eigenvalue weighted by atomic mass is 19.4. The van der Waals surface area contributed by atoms with Crippen LogP contribution in [-0.2, 0) is 37.9 Å². The van der Waals surface area contributed by atoms with Crippen molar-refractivity contribution in [1.29, 1.82) is 0 Å². The number of rotatable bonds is 22. The van der Waals surface area contributed by atoms with Crippen molar-refractivity contribution in [3.05, 3.63) is 59.7 Å². The summed E-state index contributed by atoms with van der Waals surface area (Å²) in [4.78, 5) is 24.3. The zero-order valence-corrected chi connectivity index (χ0v) is 28.5. The Balaban J connectivity index is 2.06. The van der Waals surface area contributed by atoms with Crippen LogP contribution in [0.25, 0.3) is 0 Å². The van der Waals surface area contributed by atoms with Crippen molar-refractivity contribution in [2.75, 3.05) is 19.0 Å². The van der Waals surface area contributed by atoms with Crippen LogP contribution < -0.4 is 10.1 Å². The second kappa shape index (κ2) is 17.8. The number of carbonyl (C=O) groups is 2. The standard InChI is InChI=1S/C27H14F23NO11/c1-51-13-6-8-14(9-7-13)55-16(53)12-4-2-11(3-5-12)15(52)54-10-17(28,29)56-25(45,46)61-27(49,50)62-26(47,48)60-23(40,41)21(36,37)58-19(32,33)18(30,31)57-20(34,35)22(38,39)59-24(42,43)44/h2-9,51H,10H2,1H3. The number of carbonyl (C=O) groups excluding carboxylic acids is 2. The molecule has 0 fully saturated rings. The van der Waals surface area contributed by atoms with Gasteiger partial charge in [-0.1, -0.05) is 0 Å². The van der Waals surface area contributed by atoms with Crippen LogP contribution in [0.15, 0.2) is 48.5 Å². The molecule has 0 aliphatic heterocycles. The fourth-order valence-electron chi connectivity index (χ4n) is 3.35. The average molecular weight is 965 g/mol. The Bertz CT molecular complexity index is 1840. The first-order valence-electron chi connectivity index (χ1n) is 14.5. The zero-order valence-electron chi connectivity index (χ0n) is 28.5. The summed E-state index contributed by atoms with van der Waals surface area (Å²) in [7, 11) is 1.58. The Labute approximate surface area is 324 Å². The van der Waals surface area contributed by atoms with Gasteiger partial charge in [-0.3, -0.25) is 0 Å². The van der Waals surface area contributed by atoms with E-state index in [1.165, 1.54) is 43.2 Å². The summed E-state index contributed by atoms with van der Waals surface area (Å²) in [6, 6.07) is 8.78. The molecule has 0 unspecified atom stereocenters. The average Bonchev–Trinajstić information content (AvgIpc) is 3.03. The lowest BCUT2D eigenvalue weighted by Gasteiger charge is -2.35. The quantitative estimate of drug-likeness (QED) is 0.0523. The van der Waals surface area contributed by atoms with Crippen LogP contribution in [0.3, 0.4) is 0 Å². The van der Waals surface area contributed by atoms with Crippen LogP contribution in [0.4, 0.5) is 107 Å². The van der Waals surface area contributed by atoms with Gasteiger partial charge in [0, 0.05) is 12.7 Å². The minimum absolute atomic E-state index is 0.0236. The van der Waals surface area contributed by atoms with Crippen LogP contribution in [0.5, 0.6) is 5.75 Å². The molecule has 2 aromatic carbocycles. The molecule has 0 aliphatic carbocycles. The van der Waals surface area contributed by atoms with Gasteiger partial charge in [0.05, 0.1) is 11.1 Å². The van der Waals surface area contributed by atoms with Gasteiger partial charge in [-0.25, -0.2) is 42.7 Å². The molecule has 0 atom stereocenters. The van der Waals surface area contributed by atoms with Gasteiger partial charge in [0.1, 0.15) is 5.75 Å². The predicted molar refractivity (Wildman–Crippen MR) is 141 cm³/mol. The number of alkyl halides is 23. The minimum Gasteiger partial charge on any atom is -0.453 e. The van der Waals surface area contributed by atoms with Crippen molar-refractivity contribution in [2.24, 2.45) is 0 Å². The van der Waals surface area contributed by atoms with Gasteiger partial charge in [-0.05, 0) is 48.5 Å². The molecule has 0 aromatic heterocycles. The number of esters is 2. The SMILES string of the molecule is CNc1ccc(OC(=O)c2ccc(C(=O)OCC(F)(F)OC(F)(F)OC(F)(F)OC(F)(F)OC(F)(F)C(F)(F)OC(F)(F)C(F)(F)OC(F)(F)C(F)(F)OC(F)(F)F)cc2)cc1. The zero-order chi connectivity index (χ0) is 48.4. The lowest BCUT2D eigenvalue weighted by atomic mass is 10.1. The highest BCUT2D eigenvalue weighted by Crippen LogP contribution is 2.51. The molecule has 35 heteroatoms. The van der Waals surface area contributed by atoms with Gasteiger partial charge in [0.25, 0.3) is 0 Å². The number of ether oxygens (including phenoxy) is 9. The van der Waals surface area contributed by atoms with Gasteiger partial charge < -0.3 is 14.8 Å². The van der Waals surface area contributed by atoms with Crippen LogP contribution in [-0.4, -0.2) is 93.6 Å². The summed E-state index contributed by atoms with van der Waals surface area (Å²) >= 11 is 0. The summed E-state index contributed by atoms with van der Waals surface area (Å²) in [5.74, 6) is -2.88. The third-order valence-corrected chi connectivity index (χ3v) is 5.84. The van der Waals surface area contributed by atoms with E-state index in [0.29, 0.717) is 17.8 Å². The number of halogens is 23. The lowest BCUT2D eigenvalue weighted by molar-refractivity contribution is -0.622. The topological polar surface area (TPSA) is 129 Å². The smallest absolute Gasteiger partial charge is 0.453 e. The maximum absolute atomic E-state index is 13.9. The molecule has 0 aliphatic rings. The second-order valence-corrected chi connectivity index (χ2v) is 10.6. The molecule has 0 heterocycles. The molecule has 0 saturated carbocycles. The first-order valence-corrected chi connectivity index (χ1v) is 14.5. The minimum atomic E-state index is -8.01. The van der Waals surface area contributed by atoms with E-state index in [1.807, 2.05) is 4.74 Å². The Morgan fingerprint density at radius 1 is 0.435 bits per heavy atom. The third-order valence-electron chi connectivity index (χ3n) is 5.84. The lowest BCUT2D eigenvalue weighted by Crippen LogP contribution is -2.60. The molecule has 2 aromatic rings. The number of hydrogen-bond acceptors (Lipinski definition) is 12. The highest BCUT2D eigenvalue weighted by Gasteiger charge is 2.77. The van der Waals surface area contributed by atoms with Crippen molar-refractivity contribution >= 4 is 17.6 Å². The summed E-state index contributed by atoms with van der Waals surface area (Å²) < 4.78 is 325. The van der Waals surface area contributed by atoms with Gasteiger partial charge in [-0.15, -0.1) is 39.5 Å². The normalized spacial score (nSPS) is 14.5. The summed E-state index contributed by atoms with van der Waals surface area (Å²) in [6.45, 7) is -2.71. The Morgan fingerprint density at radius 3 is 1.16 bits per heavy atom. The van der Waals surface area contributed by atoms with Crippen molar-refractivity contribution < 1.29 is 153 Å².